The van der Waals surface area contributed by atoms with Crippen LogP contribution in [0.15, 0.2) is 18.7 Å². The summed E-state index contributed by atoms with van der Waals surface area (Å²) in [6.07, 6.45) is 5.62. The molecule has 0 bridgehead atoms. The van der Waals surface area contributed by atoms with E-state index in [9.17, 15) is 8.42 Å². The fraction of sp³-hybridized carbons (Fsp3) is 0.625. The standard InChI is InChI=1S/C8H15N2O2S/c1-3-13(11,12)7-6-10-5-4-9(2)8-10/h4-5,8H,3,6-7H2,1-2H3/q+1. The Labute approximate surface area is 78.7 Å². The lowest BCUT2D eigenvalue weighted by atomic mass is 10.7. The van der Waals surface area contributed by atoms with E-state index in [4.69, 9.17) is 0 Å². The fourth-order valence-corrected chi connectivity index (χ4v) is 1.80. The number of imidazole rings is 1. The van der Waals surface area contributed by atoms with Crippen molar-refractivity contribution in [3.63, 3.8) is 0 Å². The molecule has 5 heteroatoms. The van der Waals surface area contributed by atoms with Gasteiger partial charge in [-0.15, -0.1) is 0 Å². The number of rotatable bonds is 4. The Morgan fingerprint density at radius 3 is 2.62 bits per heavy atom. The summed E-state index contributed by atoms with van der Waals surface area (Å²) in [5.41, 5.74) is 0. The monoisotopic (exact) mass is 203 g/mol. The molecule has 4 nitrogen and oxygen atoms in total. The maximum atomic E-state index is 11.2. The van der Waals surface area contributed by atoms with Gasteiger partial charge in [0, 0.05) is 5.75 Å². The van der Waals surface area contributed by atoms with Gasteiger partial charge in [-0.1, -0.05) is 6.92 Å². The second kappa shape index (κ2) is 3.91. The van der Waals surface area contributed by atoms with Crippen LogP contribution in [-0.2, 0) is 23.4 Å². The average molecular weight is 203 g/mol. The van der Waals surface area contributed by atoms with E-state index in [2.05, 4.69) is 0 Å². The van der Waals surface area contributed by atoms with E-state index in [0.717, 1.165) is 0 Å². The first-order valence-corrected chi connectivity index (χ1v) is 6.07. The molecule has 0 amide bonds. The quantitative estimate of drug-likeness (QED) is 0.633. The molecule has 0 aliphatic rings. The van der Waals surface area contributed by atoms with Crippen LogP contribution in [-0.4, -0.2) is 24.5 Å². The first kappa shape index (κ1) is 10.2. The molecule has 0 fully saturated rings. The summed E-state index contributed by atoms with van der Waals surface area (Å²) in [7, 11) is -0.931. The number of hydrogen-bond acceptors (Lipinski definition) is 2. The highest BCUT2D eigenvalue weighted by Crippen LogP contribution is 1.92. The lowest BCUT2D eigenvalue weighted by Gasteiger charge is -1.97. The van der Waals surface area contributed by atoms with Crippen LogP contribution >= 0.6 is 0 Å². The van der Waals surface area contributed by atoms with Crippen molar-refractivity contribution >= 4 is 9.84 Å². The van der Waals surface area contributed by atoms with Gasteiger partial charge in [-0.3, -0.25) is 0 Å². The highest BCUT2D eigenvalue weighted by Gasteiger charge is 2.09. The van der Waals surface area contributed by atoms with Gasteiger partial charge < -0.3 is 0 Å². The third-order valence-electron chi connectivity index (χ3n) is 1.92. The summed E-state index contributed by atoms with van der Waals surface area (Å²) in [5.74, 6) is 0.443. The topological polar surface area (TPSA) is 43.0 Å². The van der Waals surface area contributed by atoms with Crippen LogP contribution in [0.1, 0.15) is 6.92 Å². The third-order valence-corrected chi connectivity index (χ3v) is 3.61. The summed E-state index contributed by atoms with van der Waals surface area (Å²) in [4.78, 5) is 0. The minimum Gasteiger partial charge on any atom is -0.240 e. The Bertz CT molecular complexity index is 367. The average Bonchev–Trinajstić information content (AvgIpc) is 2.48. The molecule has 0 spiro atoms. The van der Waals surface area contributed by atoms with Gasteiger partial charge in [0.05, 0.1) is 12.8 Å². The van der Waals surface area contributed by atoms with Gasteiger partial charge >= 0.3 is 0 Å². The Morgan fingerprint density at radius 2 is 2.15 bits per heavy atom. The molecule has 0 saturated heterocycles. The molecule has 1 heterocycles. The number of hydrogen-bond donors (Lipinski definition) is 0. The van der Waals surface area contributed by atoms with Crippen LogP contribution in [0.3, 0.4) is 0 Å². The SMILES string of the molecule is CCS(=O)(=O)CCn1cc[n+](C)c1. The van der Waals surface area contributed by atoms with E-state index in [1.165, 1.54) is 0 Å². The molecule has 1 rings (SSSR count). The Hall–Kier alpha value is -0.840. The van der Waals surface area contributed by atoms with Crippen LogP contribution < -0.4 is 4.57 Å². The largest absolute Gasteiger partial charge is 0.243 e. The molecule has 13 heavy (non-hydrogen) atoms. The van der Waals surface area contributed by atoms with Crippen molar-refractivity contribution in [2.24, 2.45) is 7.05 Å². The molecule has 0 saturated carbocycles. The van der Waals surface area contributed by atoms with Crippen LogP contribution in [0.5, 0.6) is 0 Å². The Balaban J connectivity index is 2.53. The highest BCUT2D eigenvalue weighted by molar-refractivity contribution is 7.91. The third kappa shape index (κ3) is 3.18. The van der Waals surface area contributed by atoms with E-state index in [1.807, 2.05) is 34.9 Å². The van der Waals surface area contributed by atoms with Gasteiger partial charge in [0.2, 0.25) is 6.33 Å². The van der Waals surface area contributed by atoms with E-state index in [0.29, 0.717) is 6.54 Å². The summed E-state index contributed by atoms with van der Waals surface area (Å²) in [6, 6.07) is 0. The van der Waals surface area contributed by atoms with Crippen LogP contribution in [0.25, 0.3) is 0 Å². The van der Waals surface area contributed by atoms with Crippen molar-refractivity contribution in [1.82, 2.24) is 4.57 Å². The molecular formula is C8H15N2O2S+. The summed E-state index contributed by atoms with van der Waals surface area (Å²) in [5, 5.41) is 0. The van der Waals surface area contributed by atoms with E-state index >= 15 is 0 Å². The molecule has 0 N–H and O–H groups in total. The molecule has 0 unspecified atom stereocenters. The van der Waals surface area contributed by atoms with Crippen molar-refractivity contribution in [2.45, 2.75) is 13.5 Å². The van der Waals surface area contributed by atoms with Crippen LogP contribution in [0.2, 0.25) is 0 Å². The molecule has 0 aliphatic heterocycles. The maximum Gasteiger partial charge on any atom is 0.243 e. The number of aromatic nitrogens is 2. The van der Waals surface area contributed by atoms with E-state index in [1.54, 1.807) is 6.92 Å². The normalized spacial score (nSPS) is 11.8. The Morgan fingerprint density at radius 1 is 1.46 bits per heavy atom. The smallest absolute Gasteiger partial charge is 0.240 e. The second-order valence-electron chi connectivity index (χ2n) is 3.05. The zero-order chi connectivity index (χ0) is 9.90. The van der Waals surface area contributed by atoms with Crippen molar-refractivity contribution in [3.8, 4) is 0 Å². The van der Waals surface area contributed by atoms with E-state index < -0.39 is 9.84 Å². The van der Waals surface area contributed by atoms with Crippen molar-refractivity contribution in [1.29, 1.82) is 0 Å². The van der Waals surface area contributed by atoms with Crippen LogP contribution in [0, 0.1) is 0 Å². The predicted octanol–water partition coefficient (Wildman–Crippen LogP) is -0.253. The summed E-state index contributed by atoms with van der Waals surface area (Å²) >= 11 is 0. The zero-order valence-electron chi connectivity index (χ0n) is 7.97. The molecule has 1 aromatic heterocycles. The minimum atomic E-state index is -2.84. The molecule has 1 aromatic rings. The fourth-order valence-electron chi connectivity index (χ4n) is 1.02. The summed E-state index contributed by atoms with van der Waals surface area (Å²) < 4.78 is 26.1. The molecule has 0 aliphatic carbocycles. The first-order valence-electron chi connectivity index (χ1n) is 4.25. The lowest BCUT2D eigenvalue weighted by Crippen LogP contribution is -2.24. The first-order chi connectivity index (χ1) is 6.03. The maximum absolute atomic E-state index is 11.2. The van der Waals surface area contributed by atoms with Gasteiger partial charge in [-0.2, -0.15) is 0 Å². The molecular weight excluding hydrogens is 188 g/mol. The zero-order valence-corrected chi connectivity index (χ0v) is 8.79. The molecule has 0 radical (unpaired) electrons. The highest BCUT2D eigenvalue weighted by atomic mass is 32.2. The molecule has 74 valence electrons. The van der Waals surface area contributed by atoms with Crippen molar-refractivity contribution in [2.75, 3.05) is 11.5 Å². The van der Waals surface area contributed by atoms with Crippen molar-refractivity contribution in [3.05, 3.63) is 18.7 Å². The Kier molecular flexibility index (Phi) is 3.08. The second-order valence-corrected chi connectivity index (χ2v) is 5.53. The lowest BCUT2D eigenvalue weighted by molar-refractivity contribution is -0.671. The van der Waals surface area contributed by atoms with Gasteiger partial charge in [-0.05, 0) is 0 Å². The molecule has 0 atom stereocenters. The summed E-state index contributed by atoms with van der Waals surface area (Å²) in [6.45, 7) is 2.21. The number of aryl methyl sites for hydroxylation is 2. The van der Waals surface area contributed by atoms with E-state index in [-0.39, 0.29) is 11.5 Å². The predicted molar refractivity (Wildman–Crippen MR) is 49.9 cm³/mol. The van der Waals surface area contributed by atoms with Crippen LogP contribution in [0.4, 0.5) is 0 Å². The minimum absolute atomic E-state index is 0.220. The van der Waals surface area contributed by atoms with Gasteiger partial charge in [0.25, 0.3) is 0 Å². The number of sulfone groups is 1. The number of nitrogens with zero attached hydrogens (tertiary/aromatic N) is 2. The van der Waals surface area contributed by atoms with Gasteiger partial charge in [0.1, 0.15) is 18.9 Å². The van der Waals surface area contributed by atoms with Gasteiger partial charge in [-0.25, -0.2) is 17.6 Å². The molecule has 0 aromatic carbocycles. The van der Waals surface area contributed by atoms with Crippen molar-refractivity contribution < 1.29 is 13.0 Å². The van der Waals surface area contributed by atoms with Gasteiger partial charge in [0.15, 0.2) is 9.84 Å².